The number of amides is 1. The van der Waals surface area contributed by atoms with E-state index in [0.717, 1.165) is 35.3 Å². The molecule has 1 saturated heterocycles. The van der Waals surface area contributed by atoms with Crippen molar-refractivity contribution in [1.82, 2.24) is 10.3 Å². The van der Waals surface area contributed by atoms with Crippen molar-refractivity contribution < 1.29 is 9.53 Å². The minimum Gasteiger partial charge on any atom is -0.378 e. The molecule has 0 aliphatic carbocycles. The molecule has 1 atom stereocenters. The van der Waals surface area contributed by atoms with Gasteiger partial charge in [0.15, 0.2) is 0 Å². The van der Waals surface area contributed by atoms with Crippen LogP contribution in [0.15, 0.2) is 0 Å². The number of hydrogen-bond donors (Lipinski definition) is 2. The van der Waals surface area contributed by atoms with Crippen molar-refractivity contribution in [2.45, 2.75) is 39.7 Å². The van der Waals surface area contributed by atoms with Crippen LogP contribution >= 0.6 is 11.3 Å². The van der Waals surface area contributed by atoms with Gasteiger partial charge in [-0.3, -0.25) is 4.79 Å². The fourth-order valence-corrected chi connectivity index (χ4v) is 3.11. The zero-order valence-corrected chi connectivity index (χ0v) is 13.2. The Morgan fingerprint density at radius 3 is 3.05 bits per heavy atom. The van der Waals surface area contributed by atoms with Gasteiger partial charge in [0.2, 0.25) is 5.91 Å². The Bertz CT molecular complexity index is 453. The van der Waals surface area contributed by atoms with Gasteiger partial charge < -0.3 is 15.4 Å². The number of carbonyl (C=O) groups excluding carboxylic acids is 1. The number of carbonyl (C=O) groups is 1. The first-order valence-electron chi connectivity index (χ1n) is 7.12. The number of aromatic nitrogens is 1. The highest BCUT2D eigenvalue weighted by molar-refractivity contribution is 7.16. The van der Waals surface area contributed by atoms with Crippen LogP contribution in [0.4, 0.5) is 5.00 Å². The van der Waals surface area contributed by atoms with Gasteiger partial charge in [0.25, 0.3) is 0 Å². The van der Waals surface area contributed by atoms with E-state index in [1.165, 1.54) is 0 Å². The van der Waals surface area contributed by atoms with Gasteiger partial charge >= 0.3 is 0 Å². The van der Waals surface area contributed by atoms with E-state index in [1.54, 1.807) is 11.3 Å². The van der Waals surface area contributed by atoms with Gasteiger partial charge in [-0.1, -0.05) is 13.8 Å². The highest BCUT2D eigenvalue weighted by atomic mass is 32.1. The van der Waals surface area contributed by atoms with Crippen molar-refractivity contribution in [3.63, 3.8) is 0 Å². The Hall–Kier alpha value is -0.980. The number of rotatable bonds is 5. The highest BCUT2D eigenvalue weighted by Gasteiger charge is 2.19. The van der Waals surface area contributed by atoms with E-state index >= 15 is 0 Å². The molecule has 1 aliphatic heterocycles. The lowest BCUT2D eigenvalue weighted by Crippen LogP contribution is -2.43. The molecule has 1 aromatic heterocycles. The van der Waals surface area contributed by atoms with Crippen LogP contribution < -0.4 is 10.6 Å². The molecule has 6 heteroatoms. The largest absolute Gasteiger partial charge is 0.378 e. The molecule has 0 saturated carbocycles. The van der Waals surface area contributed by atoms with E-state index in [2.05, 4.69) is 29.5 Å². The van der Waals surface area contributed by atoms with E-state index in [9.17, 15) is 4.79 Å². The Labute approximate surface area is 124 Å². The number of thiazole rings is 1. The summed E-state index contributed by atoms with van der Waals surface area (Å²) < 4.78 is 5.36. The van der Waals surface area contributed by atoms with Crippen LogP contribution in [0.3, 0.4) is 0 Å². The standard InChI is InChI=1S/C14H23N3O2S/c1-9(2)6-12-14(20-10(3)16-12)17-13(18)7-11-8-19-5-4-15-11/h9,11,15H,4-8H2,1-3H3,(H,17,18). The number of nitrogens with zero attached hydrogens (tertiary/aromatic N) is 1. The fraction of sp³-hybridized carbons (Fsp3) is 0.714. The van der Waals surface area contributed by atoms with Gasteiger partial charge in [0, 0.05) is 19.0 Å². The molecule has 0 radical (unpaired) electrons. The molecule has 2 rings (SSSR count). The van der Waals surface area contributed by atoms with Crippen molar-refractivity contribution in [1.29, 1.82) is 0 Å². The lowest BCUT2D eigenvalue weighted by Gasteiger charge is -2.23. The summed E-state index contributed by atoms with van der Waals surface area (Å²) in [7, 11) is 0. The number of aryl methyl sites for hydroxylation is 1. The molecule has 0 bridgehead atoms. The number of nitrogens with one attached hydrogen (secondary N) is 2. The van der Waals surface area contributed by atoms with E-state index in [0.29, 0.717) is 18.9 Å². The molecular formula is C14H23N3O2S. The maximum absolute atomic E-state index is 12.1. The molecule has 1 fully saturated rings. The summed E-state index contributed by atoms with van der Waals surface area (Å²) in [6.45, 7) is 8.43. The average molecular weight is 297 g/mol. The number of ether oxygens (including phenoxy) is 1. The summed E-state index contributed by atoms with van der Waals surface area (Å²) in [5.41, 5.74) is 1.00. The molecule has 1 aromatic rings. The first-order valence-corrected chi connectivity index (χ1v) is 7.93. The van der Waals surface area contributed by atoms with E-state index in [-0.39, 0.29) is 11.9 Å². The van der Waals surface area contributed by atoms with Crippen molar-refractivity contribution in [2.24, 2.45) is 5.92 Å². The third-order valence-corrected chi connectivity index (χ3v) is 4.02. The summed E-state index contributed by atoms with van der Waals surface area (Å²) in [5, 5.41) is 8.19. The zero-order valence-electron chi connectivity index (χ0n) is 12.4. The van der Waals surface area contributed by atoms with Crippen LogP contribution in [-0.2, 0) is 16.0 Å². The van der Waals surface area contributed by atoms with Crippen LogP contribution in [0.1, 0.15) is 31.0 Å². The van der Waals surface area contributed by atoms with Crippen molar-refractivity contribution >= 4 is 22.2 Å². The second-order valence-corrected chi connectivity index (χ2v) is 6.79. The molecular weight excluding hydrogens is 274 g/mol. The fourth-order valence-electron chi connectivity index (χ4n) is 2.25. The Morgan fingerprint density at radius 1 is 1.60 bits per heavy atom. The molecule has 0 aromatic carbocycles. The lowest BCUT2D eigenvalue weighted by atomic mass is 10.1. The topological polar surface area (TPSA) is 63.2 Å². The van der Waals surface area contributed by atoms with Gasteiger partial charge in [0.1, 0.15) is 5.00 Å². The van der Waals surface area contributed by atoms with Crippen LogP contribution in [-0.4, -0.2) is 36.7 Å². The third kappa shape index (κ3) is 4.54. The van der Waals surface area contributed by atoms with Gasteiger partial charge in [-0.25, -0.2) is 4.98 Å². The molecule has 1 aliphatic rings. The number of hydrogen-bond acceptors (Lipinski definition) is 5. The van der Waals surface area contributed by atoms with Crippen molar-refractivity contribution in [2.75, 3.05) is 25.1 Å². The van der Waals surface area contributed by atoms with E-state index in [4.69, 9.17) is 4.74 Å². The van der Waals surface area contributed by atoms with Crippen LogP contribution in [0.5, 0.6) is 0 Å². The first-order chi connectivity index (χ1) is 9.54. The monoisotopic (exact) mass is 297 g/mol. The maximum atomic E-state index is 12.1. The lowest BCUT2D eigenvalue weighted by molar-refractivity contribution is -0.117. The summed E-state index contributed by atoms with van der Waals surface area (Å²) in [4.78, 5) is 16.6. The summed E-state index contributed by atoms with van der Waals surface area (Å²) in [5.74, 6) is 0.558. The molecule has 20 heavy (non-hydrogen) atoms. The van der Waals surface area contributed by atoms with Crippen LogP contribution in [0, 0.1) is 12.8 Å². The zero-order chi connectivity index (χ0) is 14.5. The second-order valence-electron chi connectivity index (χ2n) is 5.58. The van der Waals surface area contributed by atoms with Gasteiger partial charge in [-0.05, 0) is 19.3 Å². The number of anilines is 1. The Kier molecular flexibility index (Phi) is 5.51. The molecule has 112 valence electrons. The van der Waals surface area contributed by atoms with Gasteiger partial charge in [-0.2, -0.15) is 0 Å². The minimum atomic E-state index is 0.0293. The van der Waals surface area contributed by atoms with E-state index < -0.39 is 0 Å². The Morgan fingerprint density at radius 2 is 2.40 bits per heavy atom. The third-order valence-electron chi connectivity index (χ3n) is 3.09. The second kappa shape index (κ2) is 7.15. The summed E-state index contributed by atoms with van der Waals surface area (Å²) in [6.07, 6.45) is 1.34. The molecule has 1 amide bonds. The first kappa shape index (κ1) is 15.4. The van der Waals surface area contributed by atoms with Crippen LogP contribution in [0.2, 0.25) is 0 Å². The summed E-state index contributed by atoms with van der Waals surface area (Å²) >= 11 is 1.55. The molecule has 0 spiro atoms. The van der Waals surface area contributed by atoms with Gasteiger partial charge in [-0.15, -0.1) is 11.3 Å². The molecule has 5 nitrogen and oxygen atoms in total. The minimum absolute atomic E-state index is 0.0293. The van der Waals surface area contributed by atoms with Crippen molar-refractivity contribution in [3.8, 4) is 0 Å². The highest BCUT2D eigenvalue weighted by Crippen LogP contribution is 2.26. The molecule has 2 N–H and O–H groups in total. The smallest absolute Gasteiger partial charge is 0.226 e. The van der Waals surface area contributed by atoms with Gasteiger partial charge in [0.05, 0.1) is 23.9 Å². The SMILES string of the molecule is Cc1nc(CC(C)C)c(NC(=O)CC2COCCN2)s1. The average Bonchev–Trinajstić information content (AvgIpc) is 2.69. The predicted octanol–water partition coefficient (Wildman–Crippen LogP) is 1.97. The van der Waals surface area contributed by atoms with Crippen molar-refractivity contribution in [3.05, 3.63) is 10.7 Å². The molecule has 2 heterocycles. The predicted molar refractivity (Wildman–Crippen MR) is 81.2 cm³/mol. The molecule has 1 unspecified atom stereocenters. The van der Waals surface area contributed by atoms with E-state index in [1.807, 2.05) is 6.92 Å². The quantitative estimate of drug-likeness (QED) is 0.872. The maximum Gasteiger partial charge on any atom is 0.226 e. The number of morpholine rings is 1. The summed E-state index contributed by atoms with van der Waals surface area (Å²) in [6, 6.07) is 0.117. The van der Waals surface area contributed by atoms with Crippen LogP contribution in [0.25, 0.3) is 0 Å². The Balaban J connectivity index is 1.92. The normalized spacial score (nSPS) is 19.3.